The molecule has 0 aliphatic heterocycles. The predicted molar refractivity (Wildman–Crippen MR) is 101 cm³/mol. The maximum atomic E-state index is 12.3. The lowest BCUT2D eigenvalue weighted by Gasteiger charge is -2.23. The molecule has 0 spiro atoms. The smallest absolute Gasteiger partial charge is 0.251 e. The zero-order chi connectivity index (χ0) is 18.1. The van der Waals surface area contributed by atoms with E-state index in [1.807, 2.05) is 18.2 Å². The minimum atomic E-state index is -0.125. The van der Waals surface area contributed by atoms with Gasteiger partial charge in [0.05, 0.1) is 14.2 Å². The summed E-state index contributed by atoms with van der Waals surface area (Å²) >= 11 is 0. The molecule has 2 aromatic rings. The number of para-hydroxylation sites is 1. The number of hydrogen-bond acceptors (Lipinski definition) is 4. The lowest BCUT2D eigenvalue weighted by Crippen LogP contribution is -2.30. The van der Waals surface area contributed by atoms with Gasteiger partial charge in [-0.2, -0.15) is 0 Å². The first-order chi connectivity index (χ1) is 12.2. The molecule has 2 rings (SSSR count). The van der Waals surface area contributed by atoms with E-state index in [0.29, 0.717) is 23.6 Å². The van der Waals surface area contributed by atoms with Crippen LogP contribution in [0.4, 0.5) is 5.69 Å². The van der Waals surface area contributed by atoms with Crippen LogP contribution in [0, 0.1) is 0 Å². The third kappa shape index (κ3) is 5.41. The maximum Gasteiger partial charge on any atom is 0.251 e. The van der Waals surface area contributed by atoms with Gasteiger partial charge in [0.1, 0.15) is 11.5 Å². The first-order valence-corrected chi connectivity index (χ1v) is 8.49. The Labute approximate surface area is 149 Å². The van der Waals surface area contributed by atoms with E-state index in [4.69, 9.17) is 9.47 Å². The normalized spacial score (nSPS) is 10.2. The highest BCUT2D eigenvalue weighted by Crippen LogP contribution is 2.22. The largest absolute Gasteiger partial charge is 0.497 e. The van der Waals surface area contributed by atoms with Gasteiger partial charge in [0.15, 0.2) is 0 Å². The van der Waals surface area contributed by atoms with Crippen molar-refractivity contribution >= 4 is 11.6 Å². The van der Waals surface area contributed by atoms with Crippen molar-refractivity contribution in [1.29, 1.82) is 0 Å². The number of anilines is 1. The van der Waals surface area contributed by atoms with Gasteiger partial charge in [-0.05, 0) is 37.6 Å². The van der Waals surface area contributed by atoms with Gasteiger partial charge in [-0.3, -0.25) is 4.79 Å². The van der Waals surface area contributed by atoms with E-state index >= 15 is 0 Å². The van der Waals surface area contributed by atoms with Crippen LogP contribution in [0.2, 0.25) is 0 Å². The lowest BCUT2D eigenvalue weighted by molar-refractivity contribution is 0.0952. The first-order valence-electron chi connectivity index (χ1n) is 8.49. The molecule has 0 aliphatic carbocycles. The summed E-state index contributed by atoms with van der Waals surface area (Å²) in [6.45, 7) is 4.57. The number of rotatable bonds is 9. The van der Waals surface area contributed by atoms with E-state index in [1.54, 1.807) is 32.4 Å². The summed E-state index contributed by atoms with van der Waals surface area (Å²) < 4.78 is 10.4. The third-order valence-corrected chi connectivity index (χ3v) is 4.01. The highest BCUT2D eigenvalue weighted by atomic mass is 16.5. The van der Waals surface area contributed by atoms with Crippen LogP contribution >= 0.6 is 0 Å². The Balaban J connectivity index is 1.86. The fourth-order valence-corrected chi connectivity index (χ4v) is 2.62. The maximum absolute atomic E-state index is 12.3. The molecule has 0 radical (unpaired) electrons. The second-order valence-electron chi connectivity index (χ2n) is 5.63. The van der Waals surface area contributed by atoms with Gasteiger partial charge in [0.2, 0.25) is 0 Å². The van der Waals surface area contributed by atoms with Crippen molar-refractivity contribution in [3.05, 3.63) is 54.1 Å². The van der Waals surface area contributed by atoms with Crippen molar-refractivity contribution in [3.63, 3.8) is 0 Å². The van der Waals surface area contributed by atoms with Crippen LogP contribution in [0.15, 0.2) is 48.5 Å². The van der Waals surface area contributed by atoms with E-state index in [9.17, 15) is 4.79 Å². The van der Waals surface area contributed by atoms with Crippen molar-refractivity contribution in [2.75, 3.05) is 38.8 Å². The van der Waals surface area contributed by atoms with Crippen molar-refractivity contribution < 1.29 is 14.3 Å². The van der Waals surface area contributed by atoms with E-state index in [0.717, 1.165) is 19.5 Å². The van der Waals surface area contributed by atoms with E-state index < -0.39 is 0 Å². The van der Waals surface area contributed by atoms with Crippen LogP contribution in [-0.4, -0.2) is 39.8 Å². The van der Waals surface area contributed by atoms with Crippen LogP contribution in [-0.2, 0) is 0 Å². The summed E-state index contributed by atoms with van der Waals surface area (Å²) in [6.07, 6.45) is 0.871. The number of nitrogens with zero attached hydrogens (tertiary/aromatic N) is 1. The van der Waals surface area contributed by atoms with E-state index in [1.165, 1.54) is 5.69 Å². The predicted octanol–water partition coefficient (Wildman–Crippen LogP) is 3.35. The molecule has 2 aromatic carbocycles. The molecular weight excluding hydrogens is 316 g/mol. The Kier molecular flexibility index (Phi) is 7.14. The highest BCUT2D eigenvalue weighted by molar-refractivity contribution is 5.95. The lowest BCUT2D eigenvalue weighted by atomic mass is 10.2. The Morgan fingerprint density at radius 3 is 2.24 bits per heavy atom. The molecule has 0 heterocycles. The molecule has 0 fully saturated rings. The number of carbonyl (C=O) groups excluding carboxylic acids is 1. The van der Waals surface area contributed by atoms with Gasteiger partial charge >= 0.3 is 0 Å². The molecule has 0 atom stereocenters. The summed E-state index contributed by atoms with van der Waals surface area (Å²) in [4.78, 5) is 14.6. The van der Waals surface area contributed by atoms with Crippen molar-refractivity contribution in [3.8, 4) is 11.5 Å². The molecule has 25 heavy (non-hydrogen) atoms. The number of benzene rings is 2. The van der Waals surface area contributed by atoms with Crippen LogP contribution in [0.1, 0.15) is 23.7 Å². The Bertz CT molecular complexity index is 652. The third-order valence-electron chi connectivity index (χ3n) is 4.01. The van der Waals surface area contributed by atoms with Crippen molar-refractivity contribution in [2.24, 2.45) is 0 Å². The number of hydrogen-bond donors (Lipinski definition) is 1. The summed E-state index contributed by atoms with van der Waals surface area (Å²) in [6, 6.07) is 15.5. The van der Waals surface area contributed by atoms with E-state index in [2.05, 4.69) is 29.3 Å². The number of nitrogens with one attached hydrogen (secondary N) is 1. The molecule has 5 heteroatoms. The molecule has 0 bridgehead atoms. The van der Waals surface area contributed by atoms with Crippen LogP contribution < -0.4 is 19.7 Å². The van der Waals surface area contributed by atoms with Crippen LogP contribution in [0.5, 0.6) is 11.5 Å². The van der Waals surface area contributed by atoms with Gasteiger partial charge in [-0.25, -0.2) is 0 Å². The Morgan fingerprint density at radius 1 is 1.04 bits per heavy atom. The number of methoxy groups -OCH3 is 2. The minimum Gasteiger partial charge on any atom is -0.497 e. The first kappa shape index (κ1) is 18.6. The molecule has 1 amide bonds. The molecule has 0 saturated heterocycles. The number of ether oxygens (including phenoxy) is 2. The fraction of sp³-hybridized carbons (Fsp3) is 0.350. The molecule has 0 saturated carbocycles. The molecule has 0 aromatic heterocycles. The van der Waals surface area contributed by atoms with Gasteiger partial charge in [-0.15, -0.1) is 0 Å². The average molecular weight is 342 g/mol. The second-order valence-corrected chi connectivity index (χ2v) is 5.63. The standard InChI is InChI=1S/C20H26N2O3/c1-4-22(17-9-6-5-7-10-17)12-8-11-21-20(23)16-13-18(24-2)15-19(14-16)25-3/h5-7,9-10,13-15H,4,8,11-12H2,1-3H3,(H,21,23). The van der Waals surface area contributed by atoms with Crippen molar-refractivity contribution in [2.45, 2.75) is 13.3 Å². The summed E-state index contributed by atoms with van der Waals surface area (Å²) in [5.74, 6) is 1.08. The van der Waals surface area contributed by atoms with Crippen LogP contribution in [0.3, 0.4) is 0 Å². The number of amides is 1. The Hall–Kier alpha value is -2.69. The number of carbonyl (C=O) groups is 1. The molecule has 0 aliphatic rings. The molecular formula is C20H26N2O3. The monoisotopic (exact) mass is 342 g/mol. The summed E-state index contributed by atoms with van der Waals surface area (Å²) in [5, 5.41) is 2.96. The SMILES string of the molecule is CCN(CCCNC(=O)c1cc(OC)cc(OC)c1)c1ccccc1. The zero-order valence-electron chi connectivity index (χ0n) is 15.1. The topological polar surface area (TPSA) is 50.8 Å². The van der Waals surface area contributed by atoms with Crippen LogP contribution in [0.25, 0.3) is 0 Å². The molecule has 134 valence electrons. The summed E-state index contributed by atoms with van der Waals surface area (Å²) in [5.41, 5.74) is 1.74. The van der Waals surface area contributed by atoms with Gasteiger partial charge in [0.25, 0.3) is 5.91 Å². The summed E-state index contributed by atoms with van der Waals surface area (Å²) in [7, 11) is 3.14. The fourth-order valence-electron chi connectivity index (χ4n) is 2.62. The molecule has 0 unspecified atom stereocenters. The minimum absolute atomic E-state index is 0.125. The zero-order valence-corrected chi connectivity index (χ0v) is 15.1. The van der Waals surface area contributed by atoms with Gasteiger partial charge in [-0.1, -0.05) is 18.2 Å². The van der Waals surface area contributed by atoms with Gasteiger partial charge in [0, 0.05) is 37.0 Å². The van der Waals surface area contributed by atoms with Crippen molar-refractivity contribution in [1.82, 2.24) is 5.32 Å². The quantitative estimate of drug-likeness (QED) is 0.710. The van der Waals surface area contributed by atoms with E-state index in [-0.39, 0.29) is 5.91 Å². The average Bonchev–Trinajstić information content (AvgIpc) is 2.68. The Morgan fingerprint density at radius 2 is 1.68 bits per heavy atom. The van der Waals surface area contributed by atoms with Gasteiger partial charge < -0.3 is 19.7 Å². The highest BCUT2D eigenvalue weighted by Gasteiger charge is 2.10. The molecule has 5 nitrogen and oxygen atoms in total. The molecule has 1 N–H and O–H groups in total. The second kappa shape index (κ2) is 9.57.